The molecule has 0 heterocycles. The molecule has 2 N–H and O–H groups in total. The maximum Gasteiger partial charge on any atom is 0.248 e. The van der Waals surface area contributed by atoms with Crippen LogP contribution >= 0.6 is 15.9 Å². The molecule has 0 aliphatic heterocycles. The highest BCUT2D eigenvalue weighted by Crippen LogP contribution is 2.31. The van der Waals surface area contributed by atoms with Crippen molar-refractivity contribution >= 4 is 21.8 Å². The normalized spacial score (nSPS) is 10.4. The Morgan fingerprint density at radius 3 is 2.35 bits per heavy atom. The first-order chi connectivity index (χ1) is 9.38. The van der Waals surface area contributed by atoms with Crippen molar-refractivity contribution in [2.45, 2.75) is 0 Å². The van der Waals surface area contributed by atoms with Crippen molar-refractivity contribution in [2.75, 3.05) is 0 Å². The number of amides is 1. The van der Waals surface area contributed by atoms with Crippen LogP contribution in [0.5, 0.6) is 11.5 Å². The van der Waals surface area contributed by atoms with Crippen LogP contribution in [0.1, 0.15) is 10.4 Å². The fraction of sp³-hybridized carbons (Fsp3) is 0. The van der Waals surface area contributed by atoms with Gasteiger partial charge in [-0.2, -0.15) is 4.39 Å². The topological polar surface area (TPSA) is 52.3 Å². The highest BCUT2D eigenvalue weighted by molar-refractivity contribution is 9.10. The molecule has 0 atom stereocenters. The van der Waals surface area contributed by atoms with E-state index in [9.17, 15) is 18.0 Å². The van der Waals surface area contributed by atoms with Crippen molar-refractivity contribution in [3.8, 4) is 11.5 Å². The Morgan fingerprint density at radius 2 is 1.75 bits per heavy atom. The Balaban J connectivity index is 2.38. The molecule has 0 aliphatic rings. The number of rotatable bonds is 3. The molecule has 0 aliphatic carbocycles. The van der Waals surface area contributed by atoms with Gasteiger partial charge in [-0.3, -0.25) is 4.79 Å². The highest BCUT2D eigenvalue weighted by Gasteiger charge is 2.15. The molecule has 3 nitrogen and oxygen atoms in total. The van der Waals surface area contributed by atoms with E-state index >= 15 is 0 Å². The second-order valence-electron chi connectivity index (χ2n) is 3.81. The van der Waals surface area contributed by atoms with Gasteiger partial charge in [-0.1, -0.05) is 15.9 Å². The minimum atomic E-state index is -1.24. The van der Waals surface area contributed by atoms with Gasteiger partial charge >= 0.3 is 0 Å². The summed E-state index contributed by atoms with van der Waals surface area (Å²) in [6.45, 7) is 0. The molecule has 0 spiro atoms. The molecule has 0 unspecified atom stereocenters. The summed E-state index contributed by atoms with van der Waals surface area (Å²) < 4.78 is 45.5. The van der Waals surface area contributed by atoms with E-state index in [1.165, 1.54) is 6.07 Å². The summed E-state index contributed by atoms with van der Waals surface area (Å²) in [7, 11) is 0. The maximum absolute atomic E-state index is 13.7. The zero-order valence-electron chi connectivity index (χ0n) is 9.79. The third-order valence-electron chi connectivity index (χ3n) is 2.40. The van der Waals surface area contributed by atoms with Crippen molar-refractivity contribution in [2.24, 2.45) is 5.73 Å². The quantitative estimate of drug-likeness (QED) is 0.861. The van der Waals surface area contributed by atoms with E-state index < -0.39 is 29.1 Å². The van der Waals surface area contributed by atoms with Gasteiger partial charge in [0.1, 0.15) is 0 Å². The van der Waals surface area contributed by atoms with Crippen LogP contribution in [0.3, 0.4) is 0 Å². The van der Waals surface area contributed by atoms with Crippen molar-refractivity contribution in [3.05, 3.63) is 57.8 Å². The average molecular weight is 346 g/mol. The Hall–Kier alpha value is -2.02. The van der Waals surface area contributed by atoms with Crippen LogP contribution in [-0.2, 0) is 0 Å². The molecule has 104 valence electrons. The summed E-state index contributed by atoms with van der Waals surface area (Å²) in [6, 6.07) is 5.24. The monoisotopic (exact) mass is 345 g/mol. The first-order valence-corrected chi connectivity index (χ1v) is 6.09. The molecule has 0 aromatic heterocycles. The second-order valence-corrected chi connectivity index (χ2v) is 4.73. The minimum absolute atomic E-state index is 0.0595. The summed E-state index contributed by atoms with van der Waals surface area (Å²) >= 11 is 2.97. The molecule has 0 saturated heterocycles. The van der Waals surface area contributed by atoms with Crippen LogP contribution in [-0.4, -0.2) is 5.91 Å². The molecule has 7 heteroatoms. The summed E-state index contributed by atoms with van der Waals surface area (Å²) in [5.41, 5.74) is 4.93. The molecule has 1 amide bonds. The zero-order valence-corrected chi connectivity index (χ0v) is 11.4. The second kappa shape index (κ2) is 5.54. The third-order valence-corrected chi connectivity index (χ3v) is 2.85. The number of halogens is 4. The van der Waals surface area contributed by atoms with Crippen molar-refractivity contribution in [1.29, 1.82) is 0 Å². The number of hydrogen-bond acceptors (Lipinski definition) is 2. The summed E-state index contributed by atoms with van der Waals surface area (Å²) in [4.78, 5) is 10.9. The van der Waals surface area contributed by atoms with Gasteiger partial charge in [0.25, 0.3) is 0 Å². The van der Waals surface area contributed by atoms with Crippen molar-refractivity contribution in [3.63, 3.8) is 0 Å². The van der Waals surface area contributed by atoms with Crippen LogP contribution in [0.2, 0.25) is 0 Å². The fourth-order valence-corrected chi connectivity index (χ4v) is 1.87. The van der Waals surface area contributed by atoms with E-state index in [2.05, 4.69) is 15.9 Å². The van der Waals surface area contributed by atoms with E-state index in [1.54, 1.807) is 0 Å². The molecular weight excluding hydrogens is 339 g/mol. The van der Waals surface area contributed by atoms with E-state index in [1.807, 2.05) is 0 Å². The molecule has 2 aromatic carbocycles. The standard InChI is InChI=1S/C13H7BrF3NO2/c14-7-4-9(16)12(17)11(5-7)20-10-2-1-6(13(18)19)3-8(10)15/h1-5H,(H2,18,19). The molecule has 2 aromatic rings. The fourth-order valence-electron chi connectivity index (χ4n) is 1.46. The van der Waals surface area contributed by atoms with Crippen LogP contribution in [0, 0.1) is 17.5 Å². The Labute approximate surface area is 120 Å². The van der Waals surface area contributed by atoms with Crippen molar-refractivity contribution < 1.29 is 22.7 Å². The Bertz CT molecular complexity index is 692. The number of benzene rings is 2. The molecule has 20 heavy (non-hydrogen) atoms. The molecule has 2 rings (SSSR count). The van der Waals surface area contributed by atoms with Crippen LogP contribution in [0.25, 0.3) is 0 Å². The van der Waals surface area contributed by atoms with Crippen LogP contribution in [0.15, 0.2) is 34.8 Å². The average Bonchev–Trinajstić information content (AvgIpc) is 2.37. The van der Waals surface area contributed by atoms with Gasteiger partial charge in [0, 0.05) is 10.0 Å². The van der Waals surface area contributed by atoms with E-state index in [-0.39, 0.29) is 15.8 Å². The Kier molecular flexibility index (Phi) is 3.99. The number of primary amides is 1. The largest absolute Gasteiger partial charge is 0.451 e. The van der Waals surface area contributed by atoms with Crippen LogP contribution in [0.4, 0.5) is 13.2 Å². The molecule has 0 bridgehead atoms. The third kappa shape index (κ3) is 2.93. The maximum atomic E-state index is 13.7. The lowest BCUT2D eigenvalue weighted by Crippen LogP contribution is -2.11. The van der Waals surface area contributed by atoms with Gasteiger partial charge in [-0.05, 0) is 30.3 Å². The van der Waals surface area contributed by atoms with Crippen LogP contribution < -0.4 is 10.5 Å². The zero-order chi connectivity index (χ0) is 14.9. The van der Waals surface area contributed by atoms with E-state index in [0.717, 1.165) is 24.3 Å². The number of hydrogen-bond donors (Lipinski definition) is 1. The highest BCUT2D eigenvalue weighted by atomic mass is 79.9. The summed E-state index contributed by atoms with van der Waals surface area (Å²) in [6.07, 6.45) is 0. The van der Waals surface area contributed by atoms with Crippen molar-refractivity contribution in [1.82, 2.24) is 0 Å². The predicted molar refractivity (Wildman–Crippen MR) is 69.0 cm³/mol. The summed E-state index contributed by atoms with van der Waals surface area (Å²) in [5, 5.41) is 0. The summed E-state index contributed by atoms with van der Waals surface area (Å²) in [5.74, 6) is -4.94. The molecule has 0 radical (unpaired) electrons. The first-order valence-electron chi connectivity index (χ1n) is 5.30. The number of ether oxygens (including phenoxy) is 1. The predicted octanol–water partition coefficient (Wildman–Crippen LogP) is 3.76. The minimum Gasteiger partial charge on any atom is -0.451 e. The lowest BCUT2D eigenvalue weighted by atomic mass is 10.2. The van der Waals surface area contributed by atoms with Gasteiger partial charge in [0.15, 0.2) is 23.1 Å². The van der Waals surface area contributed by atoms with Gasteiger partial charge in [0.05, 0.1) is 0 Å². The number of nitrogens with two attached hydrogens (primary N) is 1. The lowest BCUT2D eigenvalue weighted by Gasteiger charge is -2.09. The molecule has 0 saturated carbocycles. The smallest absolute Gasteiger partial charge is 0.248 e. The van der Waals surface area contributed by atoms with E-state index in [0.29, 0.717) is 0 Å². The van der Waals surface area contributed by atoms with Gasteiger partial charge in [-0.25, -0.2) is 8.78 Å². The van der Waals surface area contributed by atoms with E-state index in [4.69, 9.17) is 10.5 Å². The molecule has 0 fully saturated rings. The number of carbonyl (C=O) groups is 1. The Morgan fingerprint density at radius 1 is 1.05 bits per heavy atom. The number of carbonyl (C=O) groups excluding carboxylic acids is 1. The lowest BCUT2D eigenvalue weighted by molar-refractivity contribution is 0.1000. The first kappa shape index (κ1) is 14.4. The van der Waals surface area contributed by atoms with Gasteiger partial charge in [0.2, 0.25) is 11.7 Å². The van der Waals surface area contributed by atoms with Gasteiger partial charge < -0.3 is 10.5 Å². The van der Waals surface area contributed by atoms with Gasteiger partial charge in [-0.15, -0.1) is 0 Å². The molecular formula is C13H7BrF3NO2. The SMILES string of the molecule is NC(=O)c1ccc(Oc2cc(Br)cc(F)c2F)c(F)c1.